The number of sulfone groups is 1. The Hall–Kier alpha value is -1.47. The van der Waals surface area contributed by atoms with E-state index in [-0.39, 0.29) is 10.5 Å². The number of hydrogen-bond acceptors (Lipinski definition) is 4. The summed E-state index contributed by atoms with van der Waals surface area (Å²) in [7, 11) is -0.395. The number of amides is 1. The second-order valence-electron chi connectivity index (χ2n) is 4.49. The van der Waals surface area contributed by atoms with Gasteiger partial charge in [-0.15, -0.1) is 0 Å². The topological polar surface area (TPSA) is 63.7 Å². The van der Waals surface area contributed by atoms with E-state index in [0.717, 1.165) is 24.5 Å². The van der Waals surface area contributed by atoms with Crippen LogP contribution in [0.25, 0.3) is 0 Å². The van der Waals surface area contributed by atoms with Gasteiger partial charge in [0.15, 0.2) is 9.84 Å². The molecule has 0 atom stereocenters. The van der Waals surface area contributed by atoms with Gasteiger partial charge in [0.1, 0.15) is 5.82 Å². The Labute approximate surface area is 118 Å². The minimum Gasteiger partial charge on any atom is -0.385 e. The molecule has 20 heavy (non-hydrogen) atoms. The number of carbonyl (C=O) groups is 1. The van der Waals surface area contributed by atoms with Gasteiger partial charge < -0.3 is 9.64 Å². The van der Waals surface area contributed by atoms with Crippen molar-refractivity contribution in [3.8, 4) is 0 Å². The van der Waals surface area contributed by atoms with Crippen molar-refractivity contribution in [3.05, 3.63) is 29.6 Å². The first-order valence-electron chi connectivity index (χ1n) is 6.01. The van der Waals surface area contributed by atoms with E-state index in [1.807, 2.05) is 0 Å². The minimum absolute atomic E-state index is 0.0764. The van der Waals surface area contributed by atoms with Crippen molar-refractivity contribution in [1.29, 1.82) is 0 Å². The number of methoxy groups -OCH3 is 1. The maximum Gasteiger partial charge on any atom is 0.256 e. The molecular weight excluding hydrogens is 285 g/mol. The number of ether oxygens (including phenoxy) is 1. The van der Waals surface area contributed by atoms with Gasteiger partial charge in [0.25, 0.3) is 5.91 Å². The average molecular weight is 303 g/mol. The lowest BCUT2D eigenvalue weighted by Crippen LogP contribution is -2.29. The van der Waals surface area contributed by atoms with Crippen molar-refractivity contribution in [2.24, 2.45) is 0 Å². The fourth-order valence-electron chi connectivity index (χ4n) is 1.65. The zero-order chi connectivity index (χ0) is 15.3. The van der Waals surface area contributed by atoms with Crippen LogP contribution >= 0.6 is 0 Å². The van der Waals surface area contributed by atoms with Crippen molar-refractivity contribution in [1.82, 2.24) is 4.90 Å². The maximum absolute atomic E-state index is 13.7. The number of benzene rings is 1. The molecular formula is C13H18FNO4S. The Kier molecular flexibility index (Phi) is 5.64. The molecule has 0 radical (unpaired) electrons. The van der Waals surface area contributed by atoms with E-state index in [0.29, 0.717) is 19.6 Å². The largest absolute Gasteiger partial charge is 0.385 e. The van der Waals surface area contributed by atoms with Crippen LogP contribution in [0.2, 0.25) is 0 Å². The first kappa shape index (κ1) is 16.6. The molecule has 0 bridgehead atoms. The van der Waals surface area contributed by atoms with E-state index in [2.05, 4.69) is 0 Å². The van der Waals surface area contributed by atoms with Crippen LogP contribution in [-0.2, 0) is 14.6 Å². The maximum atomic E-state index is 13.7. The molecule has 0 saturated carbocycles. The number of rotatable bonds is 6. The molecule has 1 aromatic rings. The number of hydrogen-bond donors (Lipinski definition) is 0. The van der Waals surface area contributed by atoms with Crippen molar-refractivity contribution < 1.29 is 22.3 Å². The third-order valence-corrected chi connectivity index (χ3v) is 3.90. The molecule has 0 heterocycles. The first-order valence-corrected chi connectivity index (χ1v) is 7.90. The van der Waals surface area contributed by atoms with Gasteiger partial charge in [-0.25, -0.2) is 12.8 Å². The zero-order valence-electron chi connectivity index (χ0n) is 11.7. The first-order chi connectivity index (χ1) is 9.27. The summed E-state index contributed by atoms with van der Waals surface area (Å²) >= 11 is 0. The van der Waals surface area contributed by atoms with Gasteiger partial charge >= 0.3 is 0 Å². The van der Waals surface area contributed by atoms with Gasteiger partial charge in [-0.3, -0.25) is 4.79 Å². The summed E-state index contributed by atoms with van der Waals surface area (Å²) in [5.41, 5.74) is -0.243. The van der Waals surface area contributed by atoms with Crippen LogP contribution in [-0.4, -0.2) is 52.8 Å². The third-order valence-electron chi connectivity index (χ3n) is 2.79. The normalized spacial score (nSPS) is 11.4. The molecule has 0 N–H and O–H groups in total. The van der Waals surface area contributed by atoms with E-state index in [9.17, 15) is 17.6 Å². The van der Waals surface area contributed by atoms with Gasteiger partial charge in [-0.1, -0.05) is 0 Å². The van der Waals surface area contributed by atoms with Gasteiger partial charge in [-0.2, -0.15) is 0 Å². The summed E-state index contributed by atoms with van der Waals surface area (Å²) < 4.78 is 41.4. The van der Waals surface area contributed by atoms with Crippen molar-refractivity contribution in [2.75, 3.05) is 33.6 Å². The van der Waals surface area contributed by atoms with E-state index < -0.39 is 21.6 Å². The summed E-state index contributed by atoms with van der Waals surface area (Å²) in [5, 5.41) is 0. The molecule has 0 aliphatic carbocycles. The molecule has 1 aromatic carbocycles. The highest BCUT2D eigenvalue weighted by atomic mass is 32.2. The SMILES string of the molecule is COCCCN(C)C(=O)c1cc(S(C)(=O)=O)ccc1F. The smallest absolute Gasteiger partial charge is 0.256 e. The summed E-state index contributed by atoms with van der Waals surface area (Å²) in [5.74, 6) is -1.29. The van der Waals surface area contributed by atoms with Crippen molar-refractivity contribution in [3.63, 3.8) is 0 Å². The number of carbonyl (C=O) groups excluding carboxylic acids is 1. The number of halogens is 1. The lowest BCUT2D eigenvalue weighted by molar-refractivity contribution is 0.0774. The highest BCUT2D eigenvalue weighted by molar-refractivity contribution is 7.90. The molecule has 1 amide bonds. The molecule has 0 aliphatic rings. The summed E-state index contributed by atoms with van der Waals surface area (Å²) in [6.07, 6.45) is 1.63. The monoisotopic (exact) mass is 303 g/mol. The van der Waals surface area contributed by atoms with Gasteiger partial charge in [0.2, 0.25) is 0 Å². The predicted molar refractivity (Wildman–Crippen MR) is 73.0 cm³/mol. The second kappa shape index (κ2) is 6.81. The average Bonchev–Trinajstić information content (AvgIpc) is 2.37. The van der Waals surface area contributed by atoms with E-state index in [4.69, 9.17) is 4.74 Å². The molecule has 7 heteroatoms. The standard InChI is InChI=1S/C13H18FNO4S/c1-15(7-4-8-19-2)13(16)11-9-10(20(3,17)18)5-6-12(11)14/h5-6,9H,4,7-8H2,1-3H3. The summed E-state index contributed by atoms with van der Waals surface area (Å²) in [6, 6.07) is 3.21. The lowest BCUT2D eigenvalue weighted by atomic mass is 10.2. The second-order valence-corrected chi connectivity index (χ2v) is 6.50. The van der Waals surface area contributed by atoms with Crippen LogP contribution in [0, 0.1) is 5.82 Å². The molecule has 0 aliphatic heterocycles. The molecule has 0 aromatic heterocycles. The van der Waals surface area contributed by atoms with E-state index in [1.165, 1.54) is 11.9 Å². The molecule has 0 fully saturated rings. The Bertz CT molecular complexity index is 586. The van der Waals surface area contributed by atoms with Crippen LogP contribution in [0.1, 0.15) is 16.8 Å². The lowest BCUT2D eigenvalue weighted by Gasteiger charge is -2.17. The fourth-order valence-corrected chi connectivity index (χ4v) is 2.30. The minimum atomic E-state index is -3.48. The quantitative estimate of drug-likeness (QED) is 0.587. The van der Waals surface area contributed by atoms with Crippen LogP contribution < -0.4 is 0 Å². The van der Waals surface area contributed by atoms with E-state index in [1.54, 1.807) is 7.11 Å². The fraction of sp³-hybridized carbons (Fsp3) is 0.462. The van der Waals surface area contributed by atoms with Crippen LogP contribution in [0.15, 0.2) is 23.1 Å². The van der Waals surface area contributed by atoms with Gasteiger partial charge in [-0.05, 0) is 24.6 Å². The van der Waals surface area contributed by atoms with Crippen LogP contribution in [0.3, 0.4) is 0 Å². The summed E-state index contributed by atoms with van der Waals surface area (Å²) in [4.78, 5) is 13.3. The Morgan fingerprint density at radius 2 is 2.05 bits per heavy atom. The Morgan fingerprint density at radius 3 is 2.60 bits per heavy atom. The predicted octanol–water partition coefficient (Wildman–Crippen LogP) is 1.34. The highest BCUT2D eigenvalue weighted by Gasteiger charge is 2.19. The van der Waals surface area contributed by atoms with Crippen molar-refractivity contribution >= 4 is 15.7 Å². The van der Waals surface area contributed by atoms with Gasteiger partial charge in [0, 0.05) is 33.6 Å². The van der Waals surface area contributed by atoms with E-state index >= 15 is 0 Å². The zero-order valence-corrected chi connectivity index (χ0v) is 12.5. The molecule has 0 spiro atoms. The molecule has 112 valence electrons. The van der Waals surface area contributed by atoms with Crippen LogP contribution in [0.4, 0.5) is 4.39 Å². The van der Waals surface area contributed by atoms with Crippen LogP contribution in [0.5, 0.6) is 0 Å². The number of nitrogens with zero attached hydrogens (tertiary/aromatic N) is 1. The molecule has 0 saturated heterocycles. The Morgan fingerprint density at radius 1 is 1.40 bits per heavy atom. The third kappa shape index (κ3) is 4.28. The molecule has 0 unspecified atom stereocenters. The Balaban J connectivity index is 2.97. The highest BCUT2D eigenvalue weighted by Crippen LogP contribution is 2.16. The van der Waals surface area contributed by atoms with Crippen molar-refractivity contribution in [2.45, 2.75) is 11.3 Å². The van der Waals surface area contributed by atoms with Gasteiger partial charge in [0.05, 0.1) is 10.5 Å². The molecule has 1 rings (SSSR count). The summed E-state index contributed by atoms with van der Waals surface area (Å²) in [6.45, 7) is 0.888. The molecule has 5 nitrogen and oxygen atoms in total.